The Kier molecular flexibility index (Phi) is 7.68. The van der Waals surface area contributed by atoms with Crippen LogP contribution in [-0.4, -0.2) is 36.0 Å². The van der Waals surface area contributed by atoms with Gasteiger partial charge in [-0.15, -0.1) is 11.3 Å². The molecule has 4 aromatic rings. The largest absolute Gasteiger partial charge is 0.494 e. The normalized spacial score (nSPS) is 13.8. The number of halogens is 3. The summed E-state index contributed by atoms with van der Waals surface area (Å²) in [5.41, 5.74) is 3.02. The number of carbonyl (C=O) groups excluding carboxylic acids is 1. The summed E-state index contributed by atoms with van der Waals surface area (Å²) < 4.78 is 46.8. The van der Waals surface area contributed by atoms with Crippen LogP contribution in [0.5, 0.6) is 5.75 Å². The second-order valence-electron chi connectivity index (χ2n) is 9.20. The van der Waals surface area contributed by atoms with Crippen LogP contribution in [0.3, 0.4) is 0 Å². The Morgan fingerprint density at radius 1 is 1.05 bits per heavy atom. The van der Waals surface area contributed by atoms with Crippen LogP contribution in [0.2, 0.25) is 0 Å². The van der Waals surface area contributed by atoms with Crippen molar-refractivity contribution >= 4 is 39.2 Å². The van der Waals surface area contributed by atoms with Crippen molar-refractivity contribution in [3.8, 4) is 16.9 Å². The number of ether oxygens (including phenoxy) is 1. The molecule has 1 amide bonds. The van der Waals surface area contributed by atoms with Gasteiger partial charge < -0.3 is 10.1 Å². The molecule has 4 nitrogen and oxygen atoms in total. The monoisotopic (exact) mass is 556 g/mol. The van der Waals surface area contributed by atoms with E-state index < -0.39 is 24.0 Å². The van der Waals surface area contributed by atoms with Crippen LogP contribution in [0.25, 0.3) is 21.3 Å². The molecule has 0 aliphatic heterocycles. The number of amides is 1. The molecule has 3 aromatic carbocycles. The molecule has 0 saturated heterocycles. The van der Waals surface area contributed by atoms with E-state index in [1.54, 1.807) is 23.1 Å². The van der Waals surface area contributed by atoms with Crippen LogP contribution in [0, 0.1) is 0 Å². The van der Waals surface area contributed by atoms with Crippen molar-refractivity contribution in [1.29, 1.82) is 0 Å². The summed E-state index contributed by atoms with van der Waals surface area (Å²) >= 11 is 3.19. The summed E-state index contributed by atoms with van der Waals surface area (Å²) in [5, 5.41) is 2.19. The lowest BCUT2D eigenvalue weighted by molar-refractivity contribution is -0.141. The van der Waals surface area contributed by atoms with Crippen LogP contribution < -0.4 is 10.1 Å². The molecule has 0 spiro atoms. The smallest absolute Gasteiger partial charge is 0.405 e. The molecule has 0 fully saturated rings. The maximum atomic E-state index is 13.6. The lowest BCUT2D eigenvalue weighted by Crippen LogP contribution is -2.47. The number of carbonyl (C=O) groups is 1. The summed E-state index contributed by atoms with van der Waals surface area (Å²) in [6, 6.07) is 20.9. The van der Waals surface area contributed by atoms with Crippen molar-refractivity contribution in [1.82, 2.24) is 10.3 Å². The van der Waals surface area contributed by atoms with Crippen LogP contribution in [0.1, 0.15) is 37.3 Å². The molecule has 38 heavy (non-hydrogen) atoms. The van der Waals surface area contributed by atoms with Crippen molar-refractivity contribution in [3.63, 3.8) is 0 Å². The van der Waals surface area contributed by atoms with E-state index in [2.05, 4.69) is 12.2 Å². The molecule has 5 rings (SSSR count). The summed E-state index contributed by atoms with van der Waals surface area (Å²) in [4.78, 5) is 18.3. The molecule has 198 valence electrons. The van der Waals surface area contributed by atoms with Crippen molar-refractivity contribution in [3.05, 3.63) is 77.9 Å². The fourth-order valence-electron chi connectivity index (χ4n) is 5.04. The van der Waals surface area contributed by atoms with E-state index in [4.69, 9.17) is 9.72 Å². The maximum absolute atomic E-state index is 13.6. The highest BCUT2D eigenvalue weighted by atomic mass is 32.2. The van der Waals surface area contributed by atoms with E-state index in [-0.39, 0.29) is 0 Å². The van der Waals surface area contributed by atoms with Gasteiger partial charge in [0.1, 0.15) is 17.7 Å². The summed E-state index contributed by atoms with van der Waals surface area (Å²) in [7, 11) is 0. The number of hydrogen-bond acceptors (Lipinski definition) is 5. The lowest BCUT2D eigenvalue weighted by Gasteiger charge is -2.31. The van der Waals surface area contributed by atoms with E-state index in [0.717, 1.165) is 49.0 Å². The first-order chi connectivity index (χ1) is 18.3. The quantitative estimate of drug-likeness (QED) is 0.161. The molecular weight excluding hydrogens is 529 g/mol. The molecule has 0 atom stereocenters. The average Bonchev–Trinajstić information content (AvgIpc) is 3.45. The van der Waals surface area contributed by atoms with Crippen LogP contribution in [-0.2, 0) is 10.2 Å². The summed E-state index contributed by atoms with van der Waals surface area (Å²) in [6.07, 6.45) is -2.55. The standard InChI is InChI=1S/C29H27F3N2O2S2/c1-2-15-36-19-12-13-24-25(17-19)38-27(34-24)37-16-7-14-28(26(35)33-18-29(30,31)32)22-10-5-3-8-20(22)21-9-4-6-11-23(21)28/h3-6,8-13,17H,2,7,14-16,18H2,1H3,(H,33,35). The van der Waals surface area contributed by atoms with Crippen molar-refractivity contribution in [2.45, 2.75) is 42.1 Å². The molecule has 1 N–H and O–H groups in total. The van der Waals surface area contributed by atoms with Gasteiger partial charge in [-0.3, -0.25) is 4.79 Å². The Balaban J connectivity index is 1.36. The Bertz CT molecular complexity index is 1410. The maximum Gasteiger partial charge on any atom is 0.405 e. The Morgan fingerprint density at radius 3 is 2.39 bits per heavy atom. The highest BCUT2D eigenvalue weighted by Crippen LogP contribution is 2.51. The van der Waals surface area contributed by atoms with Crippen LogP contribution in [0.4, 0.5) is 13.2 Å². The number of fused-ring (bicyclic) bond motifs is 4. The number of nitrogens with one attached hydrogen (secondary N) is 1. The molecule has 0 unspecified atom stereocenters. The van der Waals surface area contributed by atoms with Gasteiger partial charge in [0.2, 0.25) is 5.91 Å². The Hall–Kier alpha value is -3.04. The van der Waals surface area contributed by atoms with E-state index in [0.29, 0.717) is 25.2 Å². The highest BCUT2D eigenvalue weighted by Gasteiger charge is 2.49. The predicted octanol–water partition coefficient (Wildman–Crippen LogP) is 7.60. The molecule has 1 aromatic heterocycles. The number of alkyl halides is 3. The second-order valence-corrected chi connectivity index (χ2v) is 11.6. The van der Waals surface area contributed by atoms with Gasteiger partial charge in [-0.05, 0) is 59.7 Å². The highest BCUT2D eigenvalue weighted by molar-refractivity contribution is 8.01. The van der Waals surface area contributed by atoms with Crippen LogP contribution >= 0.6 is 23.1 Å². The average molecular weight is 557 g/mol. The van der Waals surface area contributed by atoms with E-state index in [9.17, 15) is 18.0 Å². The SMILES string of the molecule is CCCOc1ccc2nc(SCCCC3(C(=O)NCC(F)(F)F)c4ccccc4-c4ccccc43)sc2c1. The van der Waals surface area contributed by atoms with Crippen molar-refractivity contribution in [2.75, 3.05) is 18.9 Å². The van der Waals surface area contributed by atoms with Gasteiger partial charge in [-0.25, -0.2) is 4.98 Å². The fourth-order valence-corrected chi connectivity index (χ4v) is 7.14. The number of aromatic nitrogens is 1. The van der Waals surface area contributed by atoms with Crippen molar-refractivity contribution < 1.29 is 22.7 Å². The number of benzene rings is 3. The zero-order valence-electron chi connectivity index (χ0n) is 20.8. The molecule has 9 heteroatoms. The minimum atomic E-state index is -4.49. The third-order valence-corrected chi connectivity index (χ3v) is 8.88. The molecule has 0 saturated carbocycles. The van der Waals surface area contributed by atoms with Gasteiger partial charge in [0.15, 0.2) is 4.34 Å². The first kappa shape index (κ1) is 26.6. The van der Waals surface area contributed by atoms with Gasteiger partial charge in [-0.1, -0.05) is 67.2 Å². The summed E-state index contributed by atoms with van der Waals surface area (Å²) in [5.74, 6) is 0.888. The third-order valence-electron chi connectivity index (χ3n) is 6.64. The number of hydrogen-bond donors (Lipinski definition) is 1. The van der Waals surface area contributed by atoms with Gasteiger partial charge in [0.05, 0.1) is 16.8 Å². The Morgan fingerprint density at radius 2 is 1.74 bits per heavy atom. The predicted molar refractivity (Wildman–Crippen MR) is 147 cm³/mol. The number of rotatable bonds is 10. The zero-order chi connectivity index (χ0) is 26.8. The van der Waals surface area contributed by atoms with Gasteiger partial charge in [0, 0.05) is 5.75 Å². The number of thiazole rings is 1. The molecule has 1 heterocycles. The zero-order valence-corrected chi connectivity index (χ0v) is 22.4. The van der Waals surface area contributed by atoms with Gasteiger partial charge in [0.25, 0.3) is 0 Å². The van der Waals surface area contributed by atoms with Crippen LogP contribution in [0.15, 0.2) is 71.1 Å². The first-order valence-corrected chi connectivity index (χ1v) is 14.3. The molecule has 1 aliphatic carbocycles. The molecule has 0 radical (unpaired) electrons. The summed E-state index contributed by atoms with van der Waals surface area (Å²) in [6.45, 7) is 1.37. The molecular formula is C29H27F3N2O2S2. The van der Waals surface area contributed by atoms with Gasteiger partial charge >= 0.3 is 6.18 Å². The lowest BCUT2D eigenvalue weighted by atomic mass is 9.73. The molecule has 1 aliphatic rings. The minimum Gasteiger partial charge on any atom is -0.494 e. The number of nitrogens with zero attached hydrogens (tertiary/aromatic N) is 1. The van der Waals surface area contributed by atoms with Crippen molar-refractivity contribution in [2.24, 2.45) is 0 Å². The van der Waals surface area contributed by atoms with Gasteiger partial charge in [-0.2, -0.15) is 13.2 Å². The second kappa shape index (κ2) is 11.0. The first-order valence-electron chi connectivity index (χ1n) is 12.5. The Labute approximate surface area is 227 Å². The molecule has 0 bridgehead atoms. The topological polar surface area (TPSA) is 51.2 Å². The third kappa shape index (κ3) is 5.27. The van der Waals surface area contributed by atoms with E-state index in [1.807, 2.05) is 66.7 Å². The van der Waals surface area contributed by atoms with E-state index >= 15 is 0 Å². The fraction of sp³-hybridized carbons (Fsp3) is 0.310. The number of thioether (sulfide) groups is 1. The minimum absolute atomic E-state index is 0.387. The van der Waals surface area contributed by atoms with E-state index in [1.165, 1.54) is 0 Å².